The highest BCUT2D eigenvalue weighted by Gasteiger charge is 2.09. The molecule has 1 heterocycles. The number of ether oxygens (including phenoxy) is 1. The maximum absolute atomic E-state index is 11.4. The Morgan fingerprint density at radius 2 is 2.18 bits per heavy atom. The molecule has 0 aromatic carbocycles. The van der Waals surface area contributed by atoms with Crippen LogP contribution < -0.4 is 0 Å². The number of aromatic nitrogens is 1. The number of rotatable bonds is 5. The minimum absolute atomic E-state index is 0.126. The van der Waals surface area contributed by atoms with Gasteiger partial charge in [0.1, 0.15) is 5.69 Å². The van der Waals surface area contributed by atoms with Crippen molar-refractivity contribution >= 4 is 16.1 Å². The number of hydrogen-bond acceptors (Lipinski definition) is 6. The number of pyridine rings is 1. The molecule has 1 aromatic rings. The minimum Gasteiger partial charge on any atom is -0.461 e. The van der Waals surface area contributed by atoms with Gasteiger partial charge in [0.2, 0.25) is 0 Å². The van der Waals surface area contributed by atoms with Crippen LogP contribution >= 0.6 is 0 Å². The van der Waals surface area contributed by atoms with Crippen molar-refractivity contribution in [3.8, 4) is 0 Å². The zero-order chi connectivity index (χ0) is 12.9. The molecule has 0 aliphatic carbocycles. The molecule has 1 rings (SSSR count). The van der Waals surface area contributed by atoms with Crippen LogP contribution in [0.3, 0.4) is 0 Å². The molecule has 94 valence electrons. The van der Waals surface area contributed by atoms with Crippen LogP contribution in [-0.2, 0) is 25.6 Å². The molecule has 7 heteroatoms. The SMILES string of the molecule is CCOC(=O)c1cc(COS(C)(=O)=O)ccn1. The third-order valence-electron chi connectivity index (χ3n) is 1.75. The fraction of sp³-hybridized carbons (Fsp3) is 0.400. The third-order valence-corrected chi connectivity index (χ3v) is 2.29. The summed E-state index contributed by atoms with van der Waals surface area (Å²) in [4.78, 5) is 15.2. The maximum atomic E-state index is 11.4. The fourth-order valence-corrected chi connectivity index (χ4v) is 1.41. The summed E-state index contributed by atoms with van der Waals surface area (Å²) in [5, 5.41) is 0. The summed E-state index contributed by atoms with van der Waals surface area (Å²) in [6.07, 6.45) is 2.35. The summed E-state index contributed by atoms with van der Waals surface area (Å²) < 4.78 is 31.0. The minimum atomic E-state index is -3.50. The molecule has 0 fully saturated rings. The van der Waals surface area contributed by atoms with Gasteiger partial charge in [-0.25, -0.2) is 9.78 Å². The molecule has 0 aliphatic heterocycles. The molecule has 0 radical (unpaired) electrons. The van der Waals surface area contributed by atoms with Gasteiger partial charge < -0.3 is 4.74 Å². The van der Waals surface area contributed by atoms with Crippen molar-refractivity contribution in [3.63, 3.8) is 0 Å². The lowest BCUT2D eigenvalue weighted by atomic mass is 10.2. The highest BCUT2D eigenvalue weighted by molar-refractivity contribution is 7.85. The number of nitrogens with zero attached hydrogens (tertiary/aromatic N) is 1. The predicted molar refractivity (Wildman–Crippen MR) is 59.8 cm³/mol. The van der Waals surface area contributed by atoms with E-state index in [0.29, 0.717) is 5.56 Å². The zero-order valence-electron chi connectivity index (χ0n) is 9.54. The zero-order valence-corrected chi connectivity index (χ0v) is 10.4. The van der Waals surface area contributed by atoms with Gasteiger partial charge >= 0.3 is 5.97 Å². The van der Waals surface area contributed by atoms with Gasteiger partial charge in [-0.2, -0.15) is 8.42 Å². The van der Waals surface area contributed by atoms with E-state index in [1.54, 1.807) is 13.0 Å². The Labute approximate surface area is 99.7 Å². The van der Waals surface area contributed by atoms with Crippen LogP contribution in [0.1, 0.15) is 23.0 Å². The van der Waals surface area contributed by atoms with E-state index in [1.165, 1.54) is 12.3 Å². The van der Waals surface area contributed by atoms with Crippen LogP contribution in [0, 0.1) is 0 Å². The molecular weight excluding hydrogens is 246 g/mol. The second kappa shape index (κ2) is 5.74. The topological polar surface area (TPSA) is 82.6 Å². The molecule has 0 bridgehead atoms. The molecule has 17 heavy (non-hydrogen) atoms. The van der Waals surface area contributed by atoms with Crippen molar-refractivity contribution in [2.75, 3.05) is 12.9 Å². The van der Waals surface area contributed by atoms with Gasteiger partial charge in [0.25, 0.3) is 10.1 Å². The molecule has 0 spiro atoms. The number of esters is 1. The van der Waals surface area contributed by atoms with Crippen molar-refractivity contribution in [2.45, 2.75) is 13.5 Å². The molecular formula is C10H13NO5S. The van der Waals surface area contributed by atoms with E-state index in [4.69, 9.17) is 4.74 Å². The van der Waals surface area contributed by atoms with E-state index in [2.05, 4.69) is 9.17 Å². The first-order chi connectivity index (χ1) is 7.92. The molecule has 6 nitrogen and oxygen atoms in total. The maximum Gasteiger partial charge on any atom is 0.356 e. The van der Waals surface area contributed by atoms with Crippen molar-refractivity contribution in [3.05, 3.63) is 29.6 Å². The van der Waals surface area contributed by atoms with Crippen molar-refractivity contribution in [2.24, 2.45) is 0 Å². The van der Waals surface area contributed by atoms with Crippen LogP contribution in [-0.4, -0.2) is 32.2 Å². The van der Waals surface area contributed by atoms with E-state index in [0.717, 1.165) is 6.26 Å². The van der Waals surface area contributed by atoms with Gasteiger partial charge in [-0.05, 0) is 24.6 Å². The molecule has 0 amide bonds. The largest absolute Gasteiger partial charge is 0.461 e. The highest BCUT2D eigenvalue weighted by Crippen LogP contribution is 2.06. The van der Waals surface area contributed by atoms with Gasteiger partial charge in [0, 0.05) is 6.20 Å². The second-order valence-electron chi connectivity index (χ2n) is 3.24. The van der Waals surface area contributed by atoms with Crippen LogP contribution in [0.15, 0.2) is 18.3 Å². The lowest BCUT2D eigenvalue weighted by Gasteiger charge is -2.04. The number of hydrogen-bond donors (Lipinski definition) is 0. The Kier molecular flexibility index (Phi) is 4.59. The van der Waals surface area contributed by atoms with Crippen LogP contribution in [0.4, 0.5) is 0 Å². The van der Waals surface area contributed by atoms with E-state index in [9.17, 15) is 13.2 Å². The third kappa shape index (κ3) is 4.92. The lowest BCUT2D eigenvalue weighted by molar-refractivity contribution is 0.0519. The Balaban J connectivity index is 2.76. The molecule has 0 saturated carbocycles. The normalized spacial score (nSPS) is 11.2. The van der Waals surface area contributed by atoms with Gasteiger partial charge in [0.15, 0.2) is 0 Å². The van der Waals surface area contributed by atoms with Gasteiger partial charge in [-0.3, -0.25) is 4.18 Å². The molecule has 1 aromatic heterocycles. The van der Waals surface area contributed by atoms with Gasteiger partial charge in [0.05, 0.1) is 19.5 Å². The predicted octanol–water partition coefficient (Wildman–Crippen LogP) is 0.735. The Bertz CT molecular complexity index is 497. The first kappa shape index (κ1) is 13.6. The van der Waals surface area contributed by atoms with Crippen LogP contribution in [0.5, 0.6) is 0 Å². The smallest absolute Gasteiger partial charge is 0.356 e. The number of carbonyl (C=O) groups excluding carboxylic acids is 1. The van der Waals surface area contributed by atoms with Crippen molar-refractivity contribution in [1.29, 1.82) is 0 Å². The summed E-state index contributed by atoms with van der Waals surface area (Å²) in [7, 11) is -3.50. The summed E-state index contributed by atoms with van der Waals surface area (Å²) in [5.74, 6) is -0.547. The molecule has 0 N–H and O–H groups in total. The Morgan fingerprint density at radius 3 is 2.76 bits per heavy atom. The summed E-state index contributed by atoms with van der Waals surface area (Å²) >= 11 is 0. The summed E-state index contributed by atoms with van der Waals surface area (Å²) in [6.45, 7) is 1.81. The Morgan fingerprint density at radius 1 is 1.47 bits per heavy atom. The van der Waals surface area contributed by atoms with Crippen molar-refractivity contribution in [1.82, 2.24) is 4.98 Å². The first-order valence-corrected chi connectivity index (χ1v) is 6.70. The first-order valence-electron chi connectivity index (χ1n) is 4.89. The summed E-state index contributed by atoms with van der Waals surface area (Å²) in [5.41, 5.74) is 0.662. The monoisotopic (exact) mass is 259 g/mol. The lowest BCUT2D eigenvalue weighted by Crippen LogP contribution is -2.08. The highest BCUT2D eigenvalue weighted by atomic mass is 32.2. The van der Waals surface area contributed by atoms with E-state index < -0.39 is 16.1 Å². The number of carbonyl (C=O) groups is 1. The van der Waals surface area contributed by atoms with E-state index in [1.807, 2.05) is 0 Å². The van der Waals surface area contributed by atoms with Gasteiger partial charge in [-0.15, -0.1) is 0 Å². The van der Waals surface area contributed by atoms with Gasteiger partial charge in [-0.1, -0.05) is 0 Å². The van der Waals surface area contributed by atoms with E-state index >= 15 is 0 Å². The summed E-state index contributed by atoms with van der Waals surface area (Å²) in [6, 6.07) is 3.00. The quantitative estimate of drug-likeness (QED) is 0.572. The molecule has 0 atom stereocenters. The molecule has 0 unspecified atom stereocenters. The Hall–Kier alpha value is -1.47. The molecule has 0 aliphatic rings. The standard InChI is InChI=1S/C10H13NO5S/c1-3-15-10(12)9-6-8(4-5-11-9)7-16-17(2,13)14/h4-6H,3,7H2,1-2H3. The van der Waals surface area contributed by atoms with Crippen LogP contribution in [0.2, 0.25) is 0 Å². The fourth-order valence-electron chi connectivity index (χ4n) is 1.06. The second-order valence-corrected chi connectivity index (χ2v) is 4.88. The molecule has 0 saturated heterocycles. The van der Waals surface area contributed by atoms with E-state index in [-0.39, 0.29) is 18.9 Å². The average molecular weight is 259 g/mol. The van der Waals surface area contributed by atoms with Crippen LogP contribution in [0.25, 0.3) is 0 Å². The van der Waals surface area contributed by atoms with Crippen molar-refractivity contribution < 1.29 is 22.1 Å². The average Bonchev–Trinajstić information content (AvgIpc) is 2.26.